The summed E-state index contributed by atoms with van der Waals surface area (Å²) >= 11 is 3.30. The van der Waals surface area contributed by atoms with Gasteiger partial charge in [0, 0.05) is 10.0 Å². The molecule has 1 aromatic rings. The van der Waals surface area contributed by atoms with Crippen molar-refractivity contribution in [3.8, 4) is 5.75 Å². The fraction of sp³-hybridized carbons (Fsp3) is 0.300. The van der Waals surface area contributed by atoms with Crippen LogP contribution in [0.1, 0.15) is 22.3 Å². The van der Waals surface area contributed by atoms with E-state index >= 15 is 0 Å². The zero-order valence-electron chi connectivity index (χ0n) is 7.35. The van der Waals surface area contributed by atoms with Gasteiger partial charge in [-0.2, -0.15) is 0 Å². The van der Waals surface area contributed by atoms with E-state index < -0.39 is 5.82 Å². The molecular weight excluding hydrogens is 251 g/mol. The Labute approximate surface area is 89.2 Å². The minimum atomic E-state index is -0.544. The molecule has 74 valence electrons. The van der Waals surface area contributed by atoms with Crippen LogP contribution in [0, 0.1) is 5.82 Å². The van der Waals surface area contributed by atoms with Gasteiger partial charge in [0.05, 0.1) is 12.2 Å². The summed E-state index contributed by atoms with van der Waals surface area (Å²) in [6.45, 7) is 0.513. The van der Waals surface area contributed by atoms with Crippen LogP contribution in [0.3, 0.4) is 0 Å². The molecule has 0 aliphatic carbocycles. The minimum absolute atomic E-state index is 0.0394. The van der Waals surface area contributed by atoms with E-state index in [2.05, 4.69) is 15.9 Å². The highest BCUT2D eigenvalue weighted by Gasteiger charge is 2.20. The highest BCUT2D eigenvalue weighted by Crippen LogP contribution is 2.35. The third-order valence-electron chi connectivity index (χ3n) is 2.24. The fourth-order valence-electron chi connectivity index (χ4n) is 1.55. The lowest BCUT2D eigenvalue weighted by molar-refractivity contribution is 0.111. The summed E-state index contributed by atoms with van der Waals surface area (Å²) in [5, 5.41) is 0. The molecule has 0 unspecified atom stereocenters. The number of hydrogen-bond donors (Lipinski definition) is 0. The van der Waals surface area contributed by atoms with Gasteiger partial charge in [0.2, 0.25) is 0 Å². The summed E-state index contributed by atoms with van der Waals surface area (Å²) in [6.07, 6.45) is 2.16. The lowest BCUT2D eigenvalue weighted by Gasteiger charge is -2.19. The number of rotatable bonds is 1. The number of benzene rings is 1. The molecule has 0 amide bonds. The van der Waals surface area contributed by atoms with Gasteiger partial charge in [-0.1, -0.05) is 15.9 Å². The van der Waals surface area contributed by atoms with Crippen molar-refractivity contribution in [2.75, 3.05) is 6.61 Å². The van der Waals surface area contributed by atoms with Crippen molar-refractivity contribution in [1.82, 2.24) is 0 Å². The van der Waals surface area contributed by atoms with Crippen molar-refractivity contribution in [2.45, 2.75) is 12.8 Å². The number of ether oxygens (including phenoxy) is 1. The van der Waals surface area contributed by atoms with Gasteiger partial charge in [-0.15, -0.1) is 0 Å². The van der Waals surface area contributed by atoms with Crippen LogP contribution in [-0.4, -0.2) is 12.9 Å². The molecule has 0 bridgehead atoms. The first kappa shape index (κ1) is 9.65. The zero-order chi connectivity index (χ0) is 10.1. The summed E-state index contributed by atoms with van der Waals surface area (Å²) in [7, 11) is 0. The molecule has 0 spiro atoms. The molecule has 0 saturated carbocycles. The number of carbonyl (C=O) groups is 1. The van der Waals surface area contributed by atoms with Crippen LogP contribution in [0.4, 0.5) is 4.39 Å². The van der Waals surface area contributed by atoms with Gasteiger partial charge in [0.25, 0.3) is 0 Å². The number of aldehydes is 1. The van der Waals surface area contributed by atoms with Crippen molar-refractivity contribution in [3.05, 3.63) is 27.5 Å². The van der Waals surface area contributed by atoms with E-state index in [0.717, 1.165) is 22.9 Å². The van der Waals surface area contributed by atoms with Crippen molar-refractivity contribution >= 4 is 22.2 Å². The first-order valence-electron chi connectivity index (χ1n) is 4.33. The quantitative estimate of drug-likeness (QED) is 0.725. The Morgan fingerprint density at radius 1 is 1.57 bits per heavy atom. The van der Waals surface area contributed by atoms with Crippen molar-refractivity contribution in [2.24, 2.45) is 0 Å². The maximum absolute atomic E-state index is 13.6. The Bertz CT molecular complexity index is 390. The smallest absolute Gasteiger partial charge is 0.175 e. The molecule has 0 atom stereocenters. The largest absolute Gasteiger partial charge is 0.490 e. The van der Waals surface area contributed by atoms with Gasteiger partial charge in [-0.05, 0) is 18.9 Å². The predicted octanol–water partition coefficient (Wildman–Crippen LogP) is 2.73. The lowest BCUT2D eigenvalue weighted by Crippen LogP contribution is -2.11. The maximum Gasteiger partial charge on any atom is 0.175 e. The molecule has 4 heteroatoms. The van der Waals surface area contributed by atoms with E-state index in [1.807, 2.05) is 0 Å². The minimum Gasteiger partial charge on any atom is -0.490 e. The summed E-state index contributed by atoms with van der Waals surface area (Å²) in [6, 6.07) is 1.50. The number of carbonyl (C=O) groups excluding carboxylic acids is 1. The molecule has 0 fully saturated rings. The monoisotopic (exact) mass is 258 g/mol. The van der Waals surface area contributed by atoms with Crippen molar-refractivity contribution < 1.29 is 13.9 Å². The predicted molar refractivity (Wildman–Crippen MR) is 53.3 cm³/mol. The Morgan fingerprint density at radius 3 is 3.07 bits per heavy atom. The molecule has 14 heavy (non-hydrogen) atoms. The van der Waals surface area contributed by atoms with Crippen molar-refractivity contribution in [1.29, 1.82) is 0 Å². The molecule has 1 aliphatic rings. The van der Waals surface area contributed by atoms with E-state index in [-0.39, 0.29) is 11.3 Å². The first-order valence-corrected chi connectivity index (χ1v) is 5.12. The van der Waals surface area contributed by atoms with E-state index in [1.165, 1.54) is 6.07 Å². The molecule has 2 rings (SSSR count). The highest BCUT2D eigenvalue weighted by molar-refractivity contribution is 9.10. The van der Waals surface area contributed by atoms with Gasteiger partial charge in [0.1, 0.15) is 0 Å². The van der Waals surface area contributed by atoms with Crippen LogP contribution in [0.15, 0.2) is 10.5 Å². The normalized spacial score (nSPS) is 14.4. The average Bonchev–Trinajstić information content (AvgIpc) is 2.23. The third-order valence-corrected chi connectivity index (χ3v) is 2.95. The second-order valence-corrected chi connectivity index (χ2v) is 3.99. The number of halogens is 2. The van der Waals surface area contributed by atoms with E-state index in [1.54, 1.807) is 0 Å². The molecule has 0 aromatic heterocycles. The van der Waals surface area contributed by atoms with Gasteiger partial charge in [0.15, 0.2) is 17.9 Å². The van der Waals surface area contributed by atoms with E-state index in [0.29, 0.717) is 12.9 Å². The first-order chi connectivity index (χ1) is 6.74. The average molecular weight is 259 g/mol. The van der Waals surface area contributed by atoms with Crippen LogP contribution in [0.25, 0.3) is 0 Å². The molecule has 1 aromatic carbocycles. The molecule has 1 aliphatic heterocycles. The highest BCUT2D eigenvalue weighted by atomic mass is 79.9. The Morgan fingerprint density at radius 2 is 2.36 bits per heavy atom. The van der Waals surface area contributed by atoms with Gasteiger partial charge in [-0.25, -0.2) is 4.39 Å². The summed E-state index contributed by atoms with van der Waals surface area (Å²) in [5.41, 5.74) is 0.858. The maximum atomic E-state index is 13.6. The Balaban J connectivity index is 2.64. The van der Waals surface area contributed by atoms with Gasteiger partial charge in [-0.3, -0.25) is 4.79 Å². The van der Waals surface area contributed by atoms with Crippen LogP contribution in [0.5, 0.6) is 5.75 Å². The Hall–Kier alpha value is -0.900. The SMILES string of the molecule is O=Cc1cc(Br)c2c(c1F)OCCC2. The topological polar surface area (TPSA) is 26.3 Å². The lowest BCUT2D eigenvalue weighted by atomic mass is 10.0. The van der Waals surface area contributed by atoms with Crippen LogP contribution < -0.4 is 4.74 Å². The molecule has 0 saturated heterocycles. The second-order valence-electron chi connectivity index (χ2n) is 3.14. The standard InChI is InChI=1S/C10H8BrFO2/c11-8-4-6(5-13)9(12)10-7(8)2-1-3-14-10/h4-5H,1-3H2. The van der Waals surface area contributed by atoms with Gasteiger partial charge < -0.3 is 4.74 Å². The number of hydrogen-bond acceptors (Lipinski definition) is 2. The van der Waals surface area contributed by atoms with Crippen LogP contribution in [-0.2, 0) is 6.42 Å². The molecular formula is C10H8BrFO2. The zero-order valence-corrected chi connectivity index (χ0v) is 8.93. The van der Waals surface area contributed by atoms with Crippen LogP contribution in [0.2, 0.25) is 0 Å². The summed E-state index contributed by atoms with van der Waals surface area (Å²) in [5.74, 6) is -0.314. The molecule has 0 N–H and O–H groups in total. The third kappa shape index (κ3) is 1.43. The summed E-state index contributed by atoms with van der Waals surface area (Å²) in [4.78, 5) is 10.5. The van der Waals surface area contributed by atoms with Crippen molar-refractivity contribution in [3.63, 3.8) is 0 Å². The fourth-order valence-corrected chi connectivity index (χ4v) is 2.18. The Kier molecular flexibility index (Phi) is 2.54. The van der Waals surface area contributed by atoms with Crippen LogP contribution >= 0.6 is 15.9 Å². The van der Waals surface area contributed by atoms with E-state index in [9.17, 15) is 9.18 Å². The van der Waals surface area contributed by atoms with E-state index in [4.69, 9.17) is 4.74 Å². The molecule has 2 nitrogen and oxygen atoms in total. The number of fused-ring (bicyclic) bond motifs is 1. The second kappa shape index (κ2) is 3.69. The van der Waals surface area contributed by atoms with Gasteiger partial charge >= 0.3 is 0 Å². The summed E-state index contributed by atoms with van der Waals surface area (Å²) < 4.78 is 19.5. The molecule has 0 radical (unpaired) electrons. The molecule has 1 heterocycles.